The third kappa shape index (κ3) is 3.50. The van der Waals surface area contributed by atoms with Gasteiger partial charge in [-0.1, -0.05) is 66.7 Å². The number of pyridine rings is 1. The molecule has 0 saturated carbocycles. The van der Waals surface area contributed by atoms with Crippen LogP contribution in [0.25, 0.3) is 55.4 Å². The molecule has 0 amide bonds. The van der Waals surface area contributed by atoms with Crippen molar-refractivity contribution in [2.75, 3.05) is 0 Å². The summed E-state index contributed by atoms with van der Waals surface area (Å²) in [6, 6.07) is 23.1. The fraction of sp³-hybridized carbons (Fsp3) is 0.0645. The Balaban J connectivity index is 1.62. The summed E-state index contributed by atoms with van der Waals surface area (Å²) < 4.78 is 62.2. The molecule has 0 aliphatic rings. The molecule has 6 rings (SSSR count). The second kappa shape index (κ2) is 8.17. The van der Waals surface area contributed by atoms with E-state index in [1.165, 1.54) is 17.7 Å². The van der Waals surface area contributed by atoms with Crippen molar-refractivity contribution in [2.45, 2.75) is 6.92 Å². The lowest BCUT2D eigenvalue weighted by atomic mass is 9.97. The van der Waals surface area contributed by atoms with Gasteiger partial charge in [-0.3, -0.25) is 0 Å². The molecule has 0 aliphatic carbocycles. The van der Waals surface area contributed by atoms with Gasteiger partial charge in [-0.2, -0.15) is 0 Å². The molecular weight excluding hydrogens is 440 g/mol. The zero-order valence-corrected chi connectivity index (χ0v) is 19.1. The van der Waals surface area contributed by atoms with Gasteiger partial charge in [0.15, 0.2) is 6.17 Å². The first-order valence-corrected chi connectivity index (χ1v) is 11.2. The summed E-state index contributed by atoms with van der Waals surface area (Å²) >= 11 is 0. The number of hydrogen-bond acceptors (Lipinski definition) is 1. The van der Waals surface area contributed by atoms with Gasteiger partial charge in [0, 0.05) is 22.9 Å². The summed E-state index contributed by atoms with van der Waals surface area (Å²) in [5, 5.41) is 1.37. The van der Waals surface area contributed by atoms with Crippen LogP contribution in [0.15, 0.2) is 102 Å². The van der Waals surface area contributed by atoms with Crippen LogP contribution < -0.4 is 4.57 Å². The average Bonchev–Trinajstić information content (AvgIpc) is 3.31. The molecule has 170 valence electrons. The number of aromatic nitrogens is 1. The fourth-order valence-corrected chi connectivity index (χ4v) is 4.64. The lowest BCUT2D eigenvalue weighted by molar-refractivity contribution is -0.660. The lowest BCUT2D eigenvalue weighted by Crippen LogP contribution is -2.30. The smallest absolute Gasteiger partial charge is 0.219 e. The number of nitrogens with zero attached hydrogens (tertiary/aromatic N) is 1. The number of rotatable bonds is 3. The summed E-state index contributed by atoms with van der Waals surface area (Å²) in [5.74, 6) is -1.51. The minimum Gasteiger partial charge on any atom is -0.454 e. The summed E-state index contributed by atoms with van der Waals surface area (Å²) in [6.45, 7) is 1.81. The van der Waals surface area contributed by atoms with E-state index >= 15 is 4.39 Å². The van der Waals surface area contributed by atoms with E-state index < -0.39 is 23.7 Å². The highest BCUT2D eigenvalue weighted by Gasteiger charge is 2.23. The first-order chi connectivity index (χ1) is 18.3. The van der Waals surface area contributed by atoms with Crippen LogP contribution in [0.5, 0.6) is 0 Å². The van der Waals surface area contributed by atoms with Gasteiger partial charge >= 0.3 is 0 Å². The van der Waals surface area contributed by atoms with Crippen LogP contribution in [0, 0.1) is 18.6 Å². The number of halogens is 2. The van der Waals surface area contributed by atoms with Crippen molar-refractivity contribution < 1.29 is 21.9 Å². The second-order valence-electron chi connectivity index (χ2n) is 8.56. The minimum absolute atomic E-state index is 0.125. The van der Waals surface area contributed by atoms with E-state index in [2.05, 4.69) is 0 Å². The molecule has 0 radical (unpaired) electrons. The van der Waals surface area contributed by atoms with Gasteiger partial charge in [0.1, 0.15) is 31.2 Å². The quantitative estimate of drug-likeness (QED) is 0.242. The summed E-state index contributed by atoms with van der Waals surface area (Å²) in [6.07, 6.45) is -0.355. The Hall–Kier alpha value is -4.31. The lowest BCUT2D eigenvalue weighted by Gasteiger charge is -2.07. The van der Waals surface area contributed by atoms with E-state index in [9.17, 15) is 4.39 Å². The highest BCUT2D eigenvalue weighted by Crippen LogP contribution is 2.41. The SMILES string of the molecule is [2H]c1c(F)c([2H])c(-c2c(C)ccc3c2oc2c(-c4ccc(-c5ccccc5)cc4)c(F)ccc23)[n+](C)c1[2H]. The number of aryl methyl sites for hydroxylation is 1. The number of furan rings is 1. The third-order valence-corrected chi connectivity index (χ3v) is 6.38. The average molecular weight is 466 g/mol. The number of benzene rings is 4. The van der Waals surface area contributed by atoms with Crippen molar-refractivity contribution >= 4 is 21.9 Å². The van der Waals surface area contributed by atoms with E-state index in [1.54, 1.807) is 13.0 Å². The third-order valence-electron chi connectivity index (χ3n) is 6.38. The maximum atomic E-state index is 15.3. The maximum absolute atomic E-state index is 15.3. The predicted octanol–water partition coefficient (Wildman–Crippen LogP) is 8.00. The first kappa shape index (κ1) is 18.1. The van der Waals surface area contributed by atoms with Crippen molar-refractivity contribution in [2.24, 2.45) is 7.05 Å². The van der Waals surface area contributed by atoms with Crippen molar-refractivity contribution in [3.8, 4) is 33.5 Å². The molecule has 2 heterocycles. The Kier molecular flexibility index (Phi) is 4.22. The molecule has 0 spiro atoms. The van der Waals surface area contributed by atoms with Crippen LogP contribution in [-0.2, 0) is 7.05 Å². The Bertz CT molecular complexity index is 1850. The molecule has 35 heavy (non-hydrogen) atoms. The second-order valence-corrected chi connectivity index (χ2v) is 8.56. The first-order valence-electron chi connectivity index (χ1n) is 12.7. The molecule has 0 atom stereocenters. The van der Waals surface area contributed by atoms with Crippen LogP contribution >= 0.6 is 0 Å². The molecule has 0 unspecified atom stereocenters. The van der Waals surface area contributed by atoms with Crippen molar-refractivity contribution in [3.63, 3.8) is 0 Å². The van der Waals surface area contributed by atoms with E-state index in [0.29, 0.717) is 44.2 Å². The van der Waals surface area contributed by atoms with Crippen LogP contribution in [0.2, 0.25) is 0 Å². The van der Waals surface area contributed by atoms with E-state index in [4.69, 9.17) is 8.53 Å². The fourth-order valence-electron chi connectivity index (χ4n) is 4.64. The molecule has 0 N–H and O–H groups in total. The minimum atomic E-state index is -1.07. The maximum Gasteiger partial charge on any atom is 0.219 e. The van der Waals surface area contributed by atoms with Crippen LogP contribution in [-0.4, -0.2) is 0 Å². The van der Waals surface area contributed by atoms with Crippen LogP contribution in [0.1, 0.15) is 9.68 Å². The van der Waals surface area contributed by atoms with Gasteiger partial charge in [-0.25, -0.2) is 13.3 Å². The standard InChI is InChI=1S/C31H22F2NO/c1-19-8-13-24-25-14-15-26(33)29(22-11-9-21(10-12-22)20-6-4-3-5-7-20)31(25)35-30(24)28(19)27-18-23(32)16-17-34(27)2/h3-18H,1-2H3/q+1/i16D,17D,18D. The van der Waals surface area contributed by atoms with Gasteiger partial charge in [-0.15, -0.1) is 0 Å². The molecule has 0 fully saturated rings. The highest BCUT2D eigenvalue weighted by molar-refractivity contribution is 6.13. The van der Waals surface area contributed by atoms with Gasteiger partial charge in [0.25, 0.3) is 0 Å². The Morgan fingerprint density at radius 1 is 0.743 bits per heavy atom. The van der Waals surface area contributed by atoms with Gasteiger partial charge in [0.05, 0.1) is 13.9 Å². The highest BCUT2D eigenvalue weighted by atomic mass is 19.1. The monoisotopic (exact) mass is 465 g/mol. The largest absolute Gasteiger partial charge is 0.454 e. The summed E-state index contributed by atoms with van der Waals surface area (Å²) in [5.41, 5.74) is 4.99. The van der Waals surface area contributed by atoms with E-state index in [0.717, 1.165) is 11.1 Å². The van der Waals surface area contributed by atoms with E-state index in [-0.39, 0.29) is 11.9 Å². The molecule has 0 aliphatic heterocycles. The van der Waals surface area contributed by atoms with Gasteiger partial charge in [-0.05, 0) is 41.3 Å². The molecule has 4 aromatic carbocycles. The molecular formula is C31H22F2NO+. The van der Waals surface area contributed by atoms with Crippen LogP contribution in [0.3, 0.4) is 0 Å². The van der Waals surface area contributed by atoms with Gasteiger partial charge < -0.3 is 4.42 Å². The summed E-state index contributed by atoms with van der Waals surface area (Å²) in [4.78, 5) is 0. The van der Waals surface area contributed by atoms with Crippen LogP contribution in [0.4, 0.5) is 8.78 Å². The predicted molar refractivity (Wildman–Crippen MR) is 136 cm³/mol. The zero-order chi connectivity index (χ0) is 26.7. The molecule has 2 aromatic heterocycles. The Morgan fingerprint density at radius 3 is 2.11 bits per heavy atom. The topological polar surface area (TPSA) is 17.0 Å². The number of hydrogen-bond donors (Lipinski definition) is 0. The number of fused-ring (bicyclic) bond motifs is 3. The molecule has 6 aromatic rings. The Morgan fingerprint density at radius 2 is 1.37 bits per heavy atom. The zero-order valence-electron chi connectivity index (χ0n) is 22.1. The molecule has 0 saturated heterocycles. The van der Waals surface area contributed by atoms with Crippen molar-refractivity contribution in [1.29, 1.82) is 0 Å². The Labute approximate surface area is 205 Å². The normalized spacial score (nSPS) is 12.6. The molecule has 4 heteroatoms. The van der Waals surface area contributed by atoms with Crippen molar-refractivity contribution in [1.82, 2.24) is 0 Å². The molecule has 2 nitrogen and oxygen atoms in total. The van der Waals surface area contributed by atoms with Crippen molar-refractivity contribution in [3.05, 3.63) is 114 Å². The van der Waals surface area contributed by atoms with E-state index in [1.807, 2.05) is 66.7 Å². The van der Waals surface area contributed by atoms with Gasteiger partial charge in [0.2, 0.25) is 5.69 Å². The summed E-state index contributed by atoms with van der Waals surface area (Å²) in [7, 11) is 1.52. The molecule has 0 bridgehead atoms.